The molecule has 4 rings (SSSR count). The number of nitrogens with zero attached hydrogens (tertiary/aromatic N) is 1. The molecule has 3 heterocycles. The highest BCUT2D eigenvalue weighted by molar-refractivity contribution is 5.71. The van der Waals surface area contributed by atoms with E-state index in [0.717, 1.165) is 19.6 Å². The number of hydrogen-bond acceptors (Lipinski definition) is 4. The molecule has 0 aliphatic carbocycles. The molecule has 22 heavy (non-hydrogen) atoms. The highest BCUT2D eigenvalue weighted by Crippen LogP contribution is 2.47. The van der Waals surface area contributed by atoms with E-state index in [1.54, 1.807) is 0 Å². The third kappa shape index (κ3) is 2.24. The first-order valence-corrected chi connectivity index (χ1v) is 7.96. The van der Waals surface area contributed by atoms with Crippen molar-refractivity contribution in [2.24, 2.45) is 17.8 Å². The zero-order valence-corrected chi connectivity index (χ0v) is 12.3. The molecule has 0 saturated carbocycles. The van der Waals surface area contributed by atoms with Gasteiger partial charge in [-0.3, -0.25) is 9.69 Å². The third-order valence-electron chi connectivity index (χ3n) is 5.51. The van der Waals surface area contributed by atoms with Gasteiger partial charge in [0, 0.05) is 31.5 Å². The Morgan fingerprint density at radius 1 is 1.23 bits per heavy atom. The van der Waals surface area contributed by atoms with Crippen molar-refractivity contribution in [2.75, 3.05) is 13.1 Å². The predicted molar refractivity (Wildman–Crippen MR) is 79.1 cm³/mol. The summed E-state index contributed by atoms with van der Waals surface area (Å²) in [5.74, 6) is -0.997. The maximum Gasteiger partial charge on any atom is 0.309 e. The number of ether oxygens (including phenoxy) is 1. The summed E-state index contributed by atoms with van der Waals surface area (Å²) in [4.78, 5) is 13.8. The second-order valence-electron chi connectivity index (χ2n) is 6.82. The van der Waals surface area contributed by atoms with Crippen molar-refractivity contribution in [3.63, 3.8) is 0 Å². The van der Waals surface area contributed by atoms with Gasteiger partial charge >= 0.3 is 5.97 Å². The van der Waals surface area contributed by atoms with E-state index in [-0.39, 0.29) is 24.0 Å². The van der Waals surface area contributed by atoms with Gasteiger partial charge in [0.15, 0.2) is 0 Å². The molecule has 118 valence electrons. The van der Waals surface area contributed by atoms with Crippen LogP contribution in [-0.2, 0) is 16.1 Å². The molecule has 3 saturated heterocycles. The molecule has 0 radical (unpaired) electrons. The van der Waals surface area contributed by atoms with E-state index >= 15 is 0 Å². The van der Waals surface area contributed by atoms with Crippen LogP contribution in [0.1, 0.15) is 12.0 Å². The van der Waals surface area contributed by atoms with Crippen molar-refractivity contribution in [2.45, 2.75) is 31.3 Å². The predicted octanol–water partition coefficient (Wildman–Crippen LogP) is 0.967. The van der Waals surface area contributed by atoms with Crippen LogP contribution in [0, 0.1) is 17.8 Å². The topological polar surface area (TPSA) is 70.0 Å². The number of hydrogen-bond donors (Lipinski definition) is 2. The second kappa shape index (κ2) is 5.33. The Labute approximate surface area is 129 Å². The molecule has 2 bridgehead atoms. The molecule has 1 aromatic carbocycles. The second-order valence-corrected chi connectivity index (χ2v) is 6.82. The van der Waals surface area contributed by atoms with E-state index < -0.39 is 18.0 Å². The van der Waals surface area contributed by atoms with Crippen molar-refractivity contribution in [1.82, 2.24) is 4.90 Å². The number of carboxylic acids is 1. The third-order valence-corrected chi connectivity index (χ3v) is 5.51. The summed E-state index contributed by atoms with van der Waals surface area (Å²) in [5, 5.41) is 19.9. The van der Waals surface area contributed by atoms with Crippen LogP contribution in [0.25, 0.3) is 0 Å². The average Bonchev–Trinajstić information content (AvgIpc) is 3.09. The largest absolute Gasteiger partial charge is 0.481 e. The number of carboxylic acid groups (broad SMARTS) is 1. The summed E-state index contributed by atoms with van der Waals surface area (Å²) in [5.41, 5.74) is 1.25. The zero-order chi connectivity index (χ0) is 15.3. The van der Waals surface area contributed by atoms with Gasteiger partial charge < -0.3 is 14.9 Å². The van der Waals surface area contributed by atoms with E-state index in [2.05, 4.69) is 17.0 Å². The van der Waals surface area contributed by atoms with E-state index in [9.17, 15) is 15.0 Å². The summed E-state index contributed by atoms with van der Waals surface area (Å²) < 4.78 is 5.84. The quantitative estimate of drug-likeness (QED) is 0.870. The number of carbonyl (C=O) groups is 1. The molecule has 0 unspecified atom stereocenters. The molecule has 0 amide bonds. The molecule has 1 aromatic rings. The number of benzene rings is 1. The molecule has 3 aliphatic rings. The monoisotopic (exact) mass is 303 g/mol. The minimum atomic E-state index is -0.790. The number of fused-ring (bicyclic) bond motifs is 4. The number of aliphatic hydroxyl groups is 1. The summed E-state index contributed by atoms with van der Waals surface area (Å²) in [6.07, 6.45) is -0.626. The van der Waals surface area contributed by atoms with Crippen molar-refractivity contribution < 1.29 is 19.7 Å². The number of aliphatic hydroxyl groups excluding tert-OH is 1. The number of likely N-dealkylation sites (tertiary alicyclic amines) is 1. The molecule has 3 aliphatic heterocycles. The van der Waals surface area contributed by atoms with Gasteiger partial charge in [0.05, 0.1) is 24.2 Å². The lowest BCUT2D eigenvalue weighted by atomic mass is 9.83. The van der Waals surface area contributed by atoms with Crippen LogP contribution in [-0.4, -0.2) is 52.5 Å². The molecule has 3 fully saturated rings. The fourth-order valence-corrected chi connectivity index (χ4v) is 4.49. The molecule has 5 heteroatoms. The van der Waals surface area contributed by atoms with Gasteiger partial charge in [-0.1, -0.05) is 30.3 Å². The maximum atomic E-state index is 11.4. The Morgan fingerprint density at radius 3 is 2.68 bits per heavy atom. The summed E-state index contributed by atoms with van der Waals surface area (Å²) in [6, 6.07) is 10.3. The molecule has 5 nitrogen and oxygen atoms in total. The highest BCUT2D eigenvalue weighted by atomic mass is 16.5. The lowest BCUT2D eigenvalue weighted by Gasteiger charge is -2.36. The molecular formula is C17H21NO4. The minimum Gasteiger partial charge on any atom is -0.481 e. The molecular weight excluding hydrogens is 282 g/mol. The van der Waals surface area contributed by atoms with Crippen LogP contribution in [0.15, 0.2) is 30.3 Å². The van der Waals surface area contributed by atoms with Gasteiger partial charge in [0.2, 0.25) is 0 Å². The van der Waals surface area contributed by atoms with Crippen LogP contribution >= 0.6 is 0 Å². The first-order chi connectivity index (χ1) is 10.6. The van der Waals surface area contributed by atoms with E-state index in [4.69, 9.17) is 4.74 Å². The van der Waals surface area contributed by atoms with Crippen molar-refractivity contribution in [1.29, 1.82) is 0 Å². The minimum absolute atomic E-state index is 0.124. The average molecular weight is 303 g/mol. The Bertz CT molecular complexity index is 563. The van der Waals surface area contributed by atoms with Gasteiger partial charge in [0.1, 0.15) is 0 Å². The van der Waals surface area contributed by atoms with Crippen LogP contribution in [0.3, 0.4) is 0 Å². The first-order valence-electron chi connectivity index (χ1n) is 7.96. The van der Waals surface area contributed by atoms with E-state index in [1.165, 1.54) is 5.56 Å². The SMILES string of the molecule is O=C(O)[C@@H]1C[C@@H]2O[C@H]1[C@H]1CN(Cc3ccccc3)C[C@H]1[C@@H]2O. The van der Waals surface area contributed by atoms with Gasteiger partial charge in [-0.15, -0.1) is 0 Å². The van der Waals surface area contributed by atoms with Crippen molar-refractivity contribution in [3.05, 3.63) is 35.9 Å². The van der Waals surface area contributed by atoms with Crippen LogP contribution < -0.4 is 0 Å². The van der Waals surface area contributed by atoms with Gasteiger partial charge in [0.25, 0.3) is 0 Å². The van der Waals surface area contributed by atoms with Gasteiger partial charge in [-0.05, 0) is 12.0 Å². The molecule has 2 N–H and O–H groups in total. The van der Waals surface area contributed by atoms with E-state index in [0.29, 0.717) is 6.42 Å². The smallest absolute Gasteiger partial charge is 0.309 e. The van der Waals surface area contributed by atoms with Crippen molar-refractivity contribution >= 4 is 5.97 Å². The molecule has 6 atom stereocenters. The first kappa shape index (κ1) is 14.2. The fraction of sp³-hybridized carbons (Fsp3) is 0.588. The van der Waals surface area contributed by atoms with Crippen LogP contribution in [0.2, 0.25) is 0 Å². The summed E-state index contributed by atoms with van der Waals surface area (Å²) in [6.45, 7) is 2.47. The highest BCUT2D eigenvalue weighted by Gasteiger charge is 2.57. The van der Waals surface area contributed by atoms with Crippen LogP contribution in [0.4, 0.5) is 0 Å². The lowest BCUT2D eigenvalue weighted by molar-refractivity contribution is -0.152. The molecule has 0 aromatic heterocycles. The summed E-state index contributed by atoms with van der Waals surface area (Å²) >= 11 is 0. The summed E-state index contributed by atoms with van der Waals surface area (Å²) in [7, 11) is 0. The normalized spacial score (nSPS) is 40.6. The maximum absolute atomic E-state index is 11.4. The Balaban J connectivity index is 1.51. The standard InChI is InChI=1S/C17H21NO4/c19-15-12-8-18(7-10-4-2-1-3-5-10)9-13(12)16-11(17(20)21)6-14(15)22-16/h1-5,11-16,19H,6-9H2,(H,20,21)/t11-,12-,13+,14+,15+,16-/m1/s1. The van der Waals surface area contributed by atoms with E-state index in [1.807, 2.05) is 18.2 Å². The van der Waals surface area contributed by atoms with Gasteiger partial charge in [-0.2, -0.15) is 0 Å². The Kier molecular flexibility index (Phi) is 3.44. The number of aliphatic carboxylic acids is 1. The lowest BCUT2D eigenvalue weighted by Crippen LogP contribution is -2.46. The number of rotatable bonds is 3. The zero-order valence-electron chi connectivity index (χ0n) is 12.3. The fourth-order valence-electron chi connectivity index (χ4n) is 4.49. The molecule has 0 spiro atoms. The van der Waals surface area contributed by atoms with Gasteiger partial charge in [-0.25, -0.2) is 0 Å². The van der Waals surface area contributed by atoms with Crippen LogP contribution in [0.5, 0.6) is 0 Å². The van der Waals surface area contributed by atoms with Crippen molar-refractivity contribution in [3.8, 4) is 0 Å². The Morgan fingerprint density at radius 2 is 1.95 bits per heavy atom. The Hall–Kier alpha value is -1.43.